The fourth-order valence-electron chi connectivity index (χ4n) is 7.37. The predicted molar refractivity (Wildman–Crippen MR) is 189 cm³/mol. The Hall–Kier alpha value is -3.27. The van der Waals surface area contributed by atoms with Crippen molar-refractivity contribution in [3.8, 4) is 16.9 Å². The second-order valence-corrected chi connectivity index (χ2v) is 13.5. The van der Waals surface area contributed by atoms with Gasteiger partial charge in [0.1, 0.15) is 17.3 Å². The Morgan fingerprint density at radius 1 is 0.543 bits per heavy atom. The van der Waals surface area contributed by atoms with Crippen molar-refractivity contribution in [3.05, 3.63) is 77.4 Å². The van der Waals surface area contributed by atoms with E-state index in [1.54, 1.807) is 6.07 Å². The Morgan fingerprint density at radius 2 is 1.15 bits per heavy atom. The lowest BCUT2D eigenvalue weighted by Crippen LogP contribution is -2.21. The Morgan fingerprint density at radius 3 is 1.76 bits per heavy atom. The summed E-state index contributed by atoms with van der Waals surface area (Å²) in [5.74, 6) is 2.09. The van der Waals surface area contributed by atoms with Crippen molar-refractivity contribution in [2.45, 2.75) is 141 Å². The van der Waals surface area contributed by atoms with Crippen molar-refractivity contribution in [3.63, 3.8) is 0 Å². The summed E-state index contributed by atoms with van der Waals surface area (Å²) in [4.78, 5) is 33.8. The van der Waals surface area contributed by atoms with Gasteiger partial charge in [0, 0.05) is 37.2 Å². The molecule has 0 saturated heterocycles. The molecule has 0 aromatic heterocycles. The largest absolute Gasteiger partial charge is 0.507 e. The second-order valence-electron chi connectivity index (χ2n) is 13.5. The Kier molecular flexibility index (Phi) is 15.5. The van der Waals surface area contributed by atoms with Crippen LogP contribution in [-0.2, 0) is 14.4 Å². The third kappa shape index (κ3) is 11.8. The highest BCUT2D eigenvalue weighted by molar-refractivity contribution is 5.96. The molecule has 1 atom stereocenters. The number of allylic oxidation sites excluding steroid dienone is 4. The van der Waals surface area contributed by atoms with Crippen LogP contribution in [0.25, 0.3) is 11.1 Å². The Labute approximate surface area is 277 Å². The zero-order valence-corrected chi connectivity index (χ0v) is 28.1. The maximum atomic E-state index is 11.7. The third-order valence-corrected chi connectivity index (χ3v) is 10.0. The molecule has 2 aromatic rings. The summed E-state index contributed by atoms with van der Waals surface area (Å²) in [5, 5.41) is 9.56. The van der Waals surface area contributed by atoms with Gasteiger partial charge in [-0.3, -0.25) is 14.4 Å². The topological polar surface area (TPSA) is 71.4 Å². The summed E-state index contributed by atoms with van der Waals surface area (Å²) < 4.78 is 0. The fourth-order valence-corrected chi connectivity index (χ4v) is 7.37. The number of phenols is 1. The molecule has 7 rings (SSSR count). The van der Waals surface area contributed by atoms with E-state index in [-0.39, 0.29) is 0 Å². The van der Waals surface area contributed by atoms with E-state index in [1.807, 2.05) is 48.5 Å². The van der Waals surface area contributed by atoms with Crippen LogP contribution in [0.1, 0.15) is 141 Å². The van der Waals surface area contributed by atoms with E-state index in [9.17, 15) is 19.5 Å². The molecule has 0 amide bonds. The molecular formula is C42H56O4. The number of para-hydroxylation sites is 1. The molecule has 5 aliphatic rings. The fraction of sp³-hybridized carbons (Fsp3) is 0.548. The number of rotatable bonds is 2. The average molecular weight is 625 g/mol. The number of Topliss-reactive ketones (excluding diaryl/α,β-unsaturated/α-hetero) is 3. The molecule has 0 heterocycles. The Balaban J connectivity index is 0.000000142. The first kappa shape index (κ1) is 35.6. The first-order valence-electron chi connectivity index (χ1n) is 18.3. The quantitative estimate of drug-likeness (QED) is 0.266. The van der Waals surface area contributed by atoms with Crippen molar-refractivity contribution in [1.82, 2.24) is 0 Å². The van der Waals surface area contributed by atoms with Crippen molar-refractivity contribution in [2.24, 2.45) is 5.92 Å². The lowest BCUT2D eigenvalue weighted by atomic mass is 9.79. The molecule has 4 heteroatoms. The summed E-state index contributed by atoms with van der Waals surface area (Å²) in [6.07, 6.45) is 27.6. The number of benzene rings is 2. The van der Waals surface area contributed by atoms with Crippen LogP contribution in [0.3, 0.4) is 0 Å². The summed E-state index contributed by atoms with van der Waals surface area (Å²) >= 11 is 0. The van der Waals surface area contributed by atoms with Crippen LogP contribution in [0.2, 0.25) is 0 Å². The maximum absolute atomic E-state index is 11.7. The van der Waals surface area contributed by atoms with Crippen molar-refractivity contribution < 1.29 is 19.5 Å². The van der Waals surface area contributed by atoms with E-state index in [0.717, 1.165) is 75.3 Å². The van der Waals surface area contributed by atoms with Crippen LogP contribution in [0, 0.1) is 5.92 Å². The number of carbonyl (C=O) groups is 3. The molecule has 0 bridgehead atoms. The van der Waals surface area contributed by atoms with Crippen molar-refractivity contribution >= 4 is 17.3 Å². The lowest BCUT2D eigenvalue weighted by Gasteiger charge is -2.25. The zero-order chi connectivity index (χ0) is 32.4. The number of phenolic OH excluding ortho intramolecular Hbond substituents is 1. The van der Waals surface area contributed by atoms with Gasteiger partial charge >= 0.3 is 0 Å². The number of ketones is 3. The molecule has 0 spiro atoms. The van der Waals surface area contributed by atoms with E-state index in [0.29, 0.717) is 29.0 Å². The number of hydrogen-bond acceptors (Lipinski definition) is 4. The van der Waals surface area contributed by atoms with Gasteiger partial charge in [-0.15, -0.1) is 0 Å². The number of aromatic hydroxyl groups is 1. The van der Waals surface area contributed by atoms with Gasteiger partial charge in [-0.1, -0.05) is 85.0 Å². The van der Waals surface area contributed by atoms with Crippen LogP contribution < -0.4 is 0 Å². The smallest absolute Gasteiger partial charge is 0.158 e. The molecular weight excluding hydrogens is 568 g/mol. The third-order valence-electron chi connectivity index (χ3n) is 10.0. The van der Waals surface area contributed by atoms with Gasteiger partial charge in [0.2, 0.25) is 0 Å². The van der Waals surface area contributed by atoms with E-state index < -0.39 is 0 Å². The van der Waals surface area contributed by atoms with Crippen LogP contribution in [0.15, 0.2) is 77.4 Å². The number of hydrogen-bond donors (Lipinski definition) is 1. The highest BCUT2D eigenvalue weighted by atomic mass is 16.3. The minimum atomic E-state index is 0.328. The minimum absolute atomic E-state index is 0.328. The van der Waals surface area contributed by atoms with Crippen LogP contribution >= 0.6 is 0 Å². The summed E-state index contributed by atoms with van der Waals surface area (Å²) in [5.41, 5.74) is 6.13. The molecule has 5 aliphatic carbocycles. The van der Waals surface area contributed by atoms with Gasteiger partial charge < -0.3 is 5.11 Å². The van der Waals surface area contributed by atoms with Crippen molar-refractivity contribution in [1.29, 1.82) is 0 Å². The highest BCUT2D eigenvalue weighted by Crippen LogP contribution is 2.33. The van der Waals surface area contributed by atoms with Gasteiger partial charge in [0.05, 0.1) is 0 Å². The van der Waals surface area contributed by atoms with E-state index in [1.165, 1.54) is 93.8 Å². The molecule has 1 N–H and O–H groups in total. The molecule has 46 heavy (non-hydrogen) atoms. The average Bonchev–Trinajstić information content (AvgIpc) is 3.11. The molecule has 0 radical (unpaired) electrons. The van der Waals surface area contributed by atoms with E-state index in [4.69, 9.17) is 0 Å². The highest BCUT2D eigenvalue weighted by Gasteiger charge is 2.26. The van der Waals surface area contributed by atoms with Gasteiger partial charge in [0.15, 0.2) is 5.78 Å². The zero-order valence-electron chi connectivity index (χ0n) is 28.1. The van der Waals surface area contributed by atoms with Crippen LogP contribution in [0.4, 0.5) is 0 Å². The second kappa shape index (κ2) is 20.1. The van der Waals surface area contributed by atoms with Crippen molar-refractivity contribution in [2.75, 3.05) is 0 Å². The monoisotopic (exact) mass is 624 g/mol. The molecule has 248 valence electrons. The Bertz CT molecular complexity index is 1300. The van der Waals surface area contributed by atoms with E-state index in [2.05, 4.69) is 6.08 Å². The molecule has 4 saturated carbocycles. The molecule has 2 aromatic carbocycles. The normalized spacial score (nSPS) is 21.8. The first-order chi connectivity index (χ1) is 22.5. The summed E-state index contributed by atoms with van der Waals surface area (Å²) in [6, 6.07) is 17.2. The standard InChI is InChI=1S/2C12H18O.C12H10O.C6H10O/c3*13-12-9-5-4-8-11(12)10-6-2-1-3-7-10;7-6-4-2-1-3-5-6/h1-9H2;6,11H,1-5,7-9H2;1-9,13H;1-5H2. The van der Waals surface area contributed by atoms with Gasteiger partial charge in [0.25, 0.3) is 0 Å². The van der Waals surface area contributed by atoms with Gasteiger partial charge in [-0.05, 0) is 114 Å². The lowest BCUT2D eigenvalue weighted by molar-refractivity contribution is -0.123. The summed E-state index contributed by atoms with van der Waals surface area (Å²) in [7, 11) is 0. The van der Waals surface area contributed by atoms with E-state index >= 15 is 0 Å². The molecule has 0 aliphatic heterocycles. The van der Waals surface area contributed by atoms with Gasteiger partial charge in [-0.25, -0.2) is 0 Å². The molecule has 1 unspecified atom stereocenters. The minimum Gasteiger partial charge on any atom is -0.507 e. The molecule has 4 nitrogen and oxygen atoms in total. The SMILES string of the molecule is O=C1CCCCC1.O=C1CCCCC1=C1CCCCC1.O=C1CCCCC1C1=CCCCC1.Oc1ccccc1-c1ccccc1. The summed E-state index contributed by atoms with van der Waals surface area (Å²) in [6.45, 7) is 0. The van der Waals surface area contributed by atoms with Crippen LogP contribution in [-0.4, -0.2) is 22.5 Å². The van der Waals surface area contributed by atoms with Crippen LogP contribution in [0.5, 0.6) is 5.75 Å². The number of carbonyl (C=O) groups excluding carboxylic acids is 3. The predicted octanol–water partition coefficient (Wildman–Crippen LogP) is 11.2. The van der Waals surface area contributed by atoms with Gasteiger partial charge in [-0.2, -0.15) is 0 Å². The molecule has 4 fully saturated rings. The maximum Gasteiger partial charge on any atom is 0.158 e. The first-order valence-corrected chi connectivity index (χ1v) is 18.3.